The lowest BCUT2D eigenvalue weighted by Crippen LogP contribution is -2.32. The maximum absolute atomic E-state index is 12.0. The second kappa shape index (κ2) is 7.42. The summed E-state index contributed by atoms with van der Waals surface area (Å²) in [6.45, 7) is 6.47. The second-order valence-electron chi connectivity index (χ2n) is 5.18. The van der Waals surface area contributed by atoms with Crippen LogP contribution in [0.3, 0.4) is 0 Å². The Morgan fingerprint density at radius 1 is 1.22 bits per heavy atom. The van der Waals surface area contributed by atoms with E-state index in [0.717, 1.165) is 18.8 Å². The summed E-state index contributed by atoms with van der Waals surface area (Å²) in [6.07, 6.45) is 3.35. The first-order chi connectivity index (χ1) is 8.50. The first kappa shape index (κ1) is 15.0. The van der Waals surface area contributed by atoms with Gasteiger partial charge in [0.1, 0.15) is 0 Å². The van der Waals surface area contributed by atoms with E-state index in [2.05, 4.69) is 19.2 Å². The standard InChI is InChI=1S/C15H22ClNO/c1-11(2)7-6-8-12(3)17-15(18)13-9-4-5-10-14(13)16/h4-5,9-12H,6-8H2,1-3H3,(H,17,18). The Labute approximate surface area is 115 Å². The minimum atomic E-state index is -0.0855. The van der Waals surface area contributed by atoms with E-state index in [-0.39, 0.29) is 11.9 Å². The SMILES string of the molecule is CC(C)CCCC(C)NC(=O)c1ccccc1Cl. The molecule has 1 unspecified atom stereocenters. The molecule has 1 amide bonds. The van der Waals surface area contributed by atoms with Crippen molar-refractivity contribution >= 4 is 17.5 Å². The highest BCUT2D eigenvalue weighted by Gasteiger charge is 2.12. The second-order valence-corrected chi connectivity index (χ2v) is 5.59. The average Bonchev–Trinajstić information content (AvgIpc) is 2.28. The summed E-state index contributed by atoms with van der Waals surface area (Å²) in [6, 6.07) is 7.32. The lowest BCUT2D eigenvalue weighted by Gasteiger charge is -2.15. The highest BCUT2D eigenvalue weighted by molar-refractivity contribution is 6.33. The molecule has 1 N–H and O–H groups in total. The van der Waals surface area contributed by atoms with E-state index in [1.807, 2.05) is 19.1 Å². The summed E-state index contributed by atoms with van der Waals surface area (Å²) < 4.78 is 0. The molecule has 18 heavy (non-hydrogen) atoms. The monoisotopic (exact) mass is 267 g/mol. The maximum Gasteiger partial charge on any atom is 0.252 e. The van der Waals surface area contributed by atoms with Crippen LogP contribution in [-0.4, -0.2) is 11.9 Å². The van der Waals surface area contributed by atoms with Crippen LogP contribution in [0.4, 0.5) is 0 Å². The van der Waals surface area contributed by atoms with E-state index in [1.54, 1.807) is 12.1 Å². The van der Waals surface area contributed by atoms with Crippen molar-refractivity contribution in [1.29, 1.82) is 0 Å². The zero-order chi connectivity index (χ0) is 13.5. The zero-order valence-electron chi connectivity index (χ0n) is 11.4. The summed E-state index contributed by atoms with van der Waals surface area (Å²) in [4.78, 5) is 12.0. The predicted molar refractivity (Wildman–Crippen MR) is 77.1 cm³/mol. The molecule has 0 radical (unpaired) electrons. The van der Waals surface area contributed by atoms with E-state index in [9.17, 15) is 4.79 Å². The van der Waals surface area contributed by atoms with Crippen molar-refractivity contribution in [3.63, 3.8) is 0 Å². The Morgan fingerprint density at radius 2 is 1.89 bits per heavy atom. The van der Waals surface area contributed by atoms with Crippen LogP contribution in [0.25, 0.3) is 0 Å². The van der Waals surface area contributed by atoms with Gasteiger partial charge in [-0.05, 0) is 31.4 Å². The first-order valence-corrected chi connectivity index (χ1v) is 6.94. The van der Waals surface area contributed by atoms with Gasteiger partial charge in [-0.15, -0.1) is 0 Å². The van der Waals surface area contributed by atoms with Crippen LogP contribution in [0.5, 0.6) is 0 Å². The third-order valence-corrected chi connectivity index (χ3v) is 3.24. The summed E-state index contributed by atoms with van der Waals surface area (Å²) in [5.74, 6) is 0.633. The molecule has 100 valence electrons. The van der Waals surface area contributed by atoms with E-state index in [4.69, 9.17) is 11.6 Å². The molecule has 0 bridgehead atoms. The molecule has 0 spiro atoms. The normalized spacial score (nSPS) is 12.5. The quantitative estimate of drug-likeness (QED) is 0.819. The van der Waals surface area contributed by atoms with Crippen molar-refractivity contribution in [1.82, 2.24) is 5.32 Å². The summed E-state index contributed by atoms with van der Waals surface area (Å²) in [5, 5.41) is 3.49. The largest absolute Gasteiger partial charge is 0.350 e. The number of amides is 1. The van der Waals surface area contributed by atoms with E-state index < -0.39 is 0 Å². The van der Waals surface area contributed by atoms with Crippen molar-refractivity contribution in [2.45, 2.75) is 46.1 Å². The van der Waals surface area contributed by atoms with Crippen molar-refractivity contribution in [2.75, 3.05) is 0 Å². The molecule has 0 aliphatic heterocycles. The number of hydrogen-bond acceptors (Lipinski definition) is 1. The Morgan fingerprint density at radius 3 is 2.50 bits per heavy atom. The molecule has 1 aromatic carbocycles. The molecule has 0 aliphatic rings. The number of rotatable bonds is 6. The molecule has 0 aliphatic carbocycles. The molecule has 0 heterocycles. The molecule has 1 aromatic rings. The van der Waals surface area contributed by atoms with Crippen LogP contribution >= 0.6 is 11.6 Å². The molecule has 3 heteroatoms. The fraction of sp³-hybridized carbons (Fsp3) is 0.533. The first-order valence-electron chi connectivity index (χ1n) is 6.56. The average molecular weight is 268 g/mol. The minimum absolute atomic E-state index is 0.0855. The summed E-state index contributed by atoms with van der Waals surface area (Å²) in [5.41, 5.74) is 0.551. The van der Waals surface area contributed by atoms with Crippen molar-refractivity contribution in [3.8, 4) is 0 Å². The highest BCUT2D eigenvalue weighted by atomic mass is 35.5. The Balaban J connectivity index is 2.43. The number of halogens is 1. The van der Waals surface area contributed by atoms with Gasteiger partial charge in [-0.2, -0.15) is 0 Å². The van der Waals surface area contributed by atoms with Crippen LogP contribution < -0.4 is 5.32 Å². The number of nitrogens with one attached hydrogen (secondary N) is 1. The lowest BCUT2D eigenvalue weighted by molar-refractivity contribution is 0.0938. The molecule has 0 fully saturated rings. The van der Waals surface area contributed by atoms with Gasteiger partial charge in [0.15, 0.2) is 0 Å². The molecular weight excluding hydrogens is 246 g/mol. The Bertz CT molecular complexity index is 390. The number of benzene rings is 1. The minimum Gasteiger partial charge on any atom is -0.350 e. The highest BCUT2D eigenvalue weighted by Crippen LogP contribution is 2.15. The van der Waals surface area contributed by atoms with E-state index in [0.29, 0.717) is 10.6 Å². The van der Waals surface area contributed by atoms with Gasteiger partial charge in [0.25, 0.3) is 5.91 Å². The number of carbonyl (C=O) groups is 1. The number of carbonyl (C=O) groups excluding carboxylic acids is 1. The van der Waals surface area contributed by atoms with Gasteiger partial charge in [-0.3, -0.25) is 4.79 Å². The van der Waals surface area contributed by atoms with Crippen molar-refractivity contribution in [3.05, 3.63) is 34.9 Å². The van der Waals surface area contributed by atoms with Crippen LogP contribution in [0.1, 0.15) is 50.4 Å². The van der Waals surface area contributed by atoms with Crippen LogP contribution in [0.2, 0.25) is 5.02 Å². The van der Waals surface area contributed by atoms with Crippen LogP contribution in [0, 0.1) is 5.92 Å². The predicted octanol–water partition coefficient (Wildman–Crippen LogP) is 4.28. The third kappa shape index (κ3) is 5.09. The molecule has 0 aromatic heterocycles. The molecule has 0 saturated carbocycles. The molecule has 2 nitrogen and oxygen atoms in total. The molecular formula is C15H22ClNO. The fourth-order valence-electron chi connectivity index (χ4n) is 1.85. The molecule has 0 saturated heterocycles. The smallest absolute Gasteiger partial charge is 0.252 e. The van der Waals surface area contributed by atoms with Gasteiger partial charge < -0.3 is 5.32 Å². The molecule has 1 rings (SSSR count). The van der Waals surface area contributed by atoms with Gasteiger partial charge >= 0.3 is 0 Å². The fourth-order valence-corrected chi connectivity index (χ4v) is 2.07. The Hall–Kier alpha value is -1.02. The van der Waals surface area contributed by atoms with Gasteiger partial charge in [0, 0.05) is 6.04 Å². The summed E-state index contributed by atoms with van der Waals surface area (Å²) >= 11 is 5.99. The van der Waals surface area contributed by atoms with Crippen molar-refractivity contribution < 1.29 is 4.79 Å². The Kier molecular flexibility index (Phi) is 6.20. The number of hydrogen-bond donors (Lipinski definition) is 1. The topological polar surface area (TPSA) is 29.1 Å². The molecule has 1 atom stereocenters. The zero-order valence-corrected chi connectivity index (χ0v) is 12.1. The lowest BCUT2D eigenvalue weighted by atomic mass is 10.0. The van der Waals surface area contributed by atoms with Gasteiger partial charge in [0.05, 0.1) is 10.6 Å². The van der Waals surface area contributed by atoms with Gasteiger partial charge in [0.2, 0.25) is 0 Å². The third-order valence-electron chi connectivity index (χ3n) is 2.91. The van der Waals surface area contributed by atoms with Crippen molar-refractivity contribution in [2.24, 2.45) is 5.92 Å². The van der Waals surface area contributed by atoms with Crippen LogP contribution in [-0.2, 0) is 0 Å². The maximum atomic E-state index is 12.0. The van der Waals surface area contributed by atoms with E-state index >= 15 is 0 Å². The van der Waals surface area contributed by atoms with Crippen LogP contribution in [0.15, 0.2) is 24.3 Å². The van der Waals surface area contributed by atoms with E-state index in [1.165, 1.54) is 6.42 Å². The summed E-state index contributed by atoms with van der Waals surface area (Å²) in [7, 11) is 0. The van der Waals surface area contributed by atoms with Gasteiger partial charge in [-0.25, -0.2) is 0 Å². The van der Waals surface area contributed by atoms with Gasteiger partial charge in [-0.1, -0.05) is 50.4 Å².